The average Bonchev–Trinajstić information content (AvgIpc) is 3.62. The minimum absolute atomic E-state index is 0.0335. The molecule has 11 heteroatoms. The Morgan fingerprint density at radius 2 is 1.68 bits per heavy atom. The summed E-state index contributed by atoms with van der Waals surface area (Å²) in [7, 11) is 2.75. The number of nitrogens with one attached hydrogen (secondary N) is 1. The van der Waals surface area contributed by atoms with Crippen molar-refractivity contribution in [3.05, 3.63) is 77.1 Å². The Morgan fingerprint density at radius 3 is 2.22 bits per heavy atom. The van der Waals surface area contributed by atoms with Gasteiger partial charge in [0.2, 0.25) is 10.0 Å². The van der Waals surface area contributed by atoms with Crippen LogP contribution in [0.15, 0.2) is 52.9 Å². The molecule has 188 valence electrons. The number of carbonyl (C=O) groups excluding carboxylic acids is 1. The average molecular weight is 524 g/mol. The number of halogens is 3. The van der Waals surface area contributed by atoms with Crippen LogP contribution in [0.25, 0.3) is 22.3 Å². The number of hydrogen-bond donors (Lipinski definition) is 1. The van der Waals surface area contributed by atoms with Crippen LogP contribution < -0.4 is 15.1 Å². The summed E-state index contributed by atoms with van der Waals surface area (Å²) < 4.78 is 75.1. The molecule has 3 aromatic carbocycles. The zero-order valence-corrected chi connectivity index (χ0v) is 20.6. The molecule has 0 saturated heterocycles. The fourth-order valence-corrected chi connectivity index (χ4v) is 5.40. The predicted molar refractivity (Wildman–Crippen MR) is 136 cm³/mol. The molecule has 1 saturated carbocycles. The minimum atomic E-state index is -4.10. The van der Waals surface area contributed by atoms with Crippen LogP contribution in [0.4, 0.5) is 24.5 Å². The Hall–Kier alpha value is -3.73. The van der Waals surface area contributed by atoms with Crippen molar-refractivity contribution in [3.8, 4) is 11.3 Å². The second kappa shape index (κ2) is 8.98. The van der Waals surface area contributed by atoms with Crippen molar-refractivity contribution in [1.82, 2.24) is 5.32 Å². The van der Waals surface area contributed by atoms with E-state index in [2.05, 4.69) is 5.32 Å². The molecule has 37 heavy (non-hydrogen) atoms. The van der Waals surface area contributed by atoms with E-state index in [1.807, 2.05) is 0 Å². The van der Waals surface area contributed by atoms with Crippen LogP contribution in [-0.4, -0.2) is 35.5 Å². The molecule has 0 unspecified atom stereocenters. The highest BCUT2D eigenvalue weighted by Gasteiger charge is 2.34. The van der Waals surface area contributed by atoms with Crippen LogP contribution in [0.5, 0.6) is 0 Å². The van der Waals surface area contributed by atoms with Crippen molar-refractivity contribution >= 4 is 51.6 Å². The lowest BCUT2D eigenvalue weighted by molar-refractivity contribution is 0.0964. The van der Waals surface area contributed by atoms with Crippen molar-refractivity contribution < 1.29 is 30.8 Å². The van der Waals surface area contributed by atoms with Gasteiger partial charge < -0.3 is 9.73 Å². The molecule has 0 bridgehead atoms. The van der Waals surface area contributed by atoms with Gasteiger partial charge in [-0.05, 0) is 72.3 Å². The summed E-state index contributed by atoms with van der Waals surface area (Å²) in [6.45, 7) is 0. The number of anilines is 2. The highest BCUT2D eigenvalue weighted by atomic mass is 32.2. The van der Waals surface area contributed by atoms with Crippen LogP contribution >= 0.6 is 0 Å². The number of furan rings is 1. The highest BCUT2D eigenvalue weighted by Crippen LogP contribution is 2.49. The SMILES string of the molecule is [B]c1c(F)cc(N(c2cc3oc(-c4ccc(F)cc4)c(C(=O)NC)c3cc2C2CC2)S(C)(=O)=O)cc1F. The van der Waals surface area contributed by atoms with E-state index < -0.39 is 38.8 Å². The van der Waals surface area contributed by atoms with Gasteiger partial charge in [0.15, 0.2) is 0 Å². The number of nitrogens with zero attached hydrogens (tertiary/aromatic N) is 1. The molecule has 0 atom stereocenters. The molecule has 0 aliphatic heterocycles. The van der Waals surface area contributed by atoms with Gasteiger partial charge in [0, 0.05) is 24.1 Å². The van der Waals surface area contributed by atoms with E-state index in [-0.39, 0.29) is 34.2 Å². The van der Waals surface area contributed by atoms with Gasteiger partial charge >= 0.3 is 0 Å². The number of fused-ring (bicyclic) bond motifs is 1. The molecule has 5 rings (SSSR count). The second-order valence-electron chi connectivity index (χ2n) is 8.92. The molecule has 1 aliphatic rings. The molecule has 1 heterocycles. The molecular weight excluding hydrogens is 504 g/mol. The number of carbonyl (C=O) groups is 1. The van der Waals surface area contributed by atoms with E-state index in [1.54, 1.807) is 6.07 Å². The molecule has 0 spiro atoms. The number of benzene rings is 3. The minimum Gasteiger partial charge on any atom is -0.455 e. The Bertz CT molecular complexity index is 1640. The van der Waals surface area contributed by atoms with Gasteiger partial charge in [0.05, 0.1) is 23.2 Å². The Labute approximate surface area is 212 Å². The van der Waals surface area contributed by atoms with Gasteiger partial charge in [-0.1, -0.05) is 0 Å². The van der Waals surface area contributed by atoms with E-state index in [9.17, 15) is 26.4 Å². The van der Waals surface area contributed by atoms with Crippen molar-refractivity contribution in [3.63, 3.8) is 0 Å². The summed E-state index contributed by atoms with van der Waals surface area (Å²) in [6, 6.07) is 10.2. The van der Waals surface area contributed by atoms with Gasteiger partial charge in [-0.25, -0.2) is 25.9 Å². The van der Waals surface area contributed by atoms with Crippen molar-refractivity contribution in [2.45, 2.75) is 18.8 Å². The summed E-state index contributed by atoms with van der Waals surface area (Å²) in [5.41, 5.74) is 0.532. The molecular formula is C26H20BF3N2O4S. The van der Waals surface area contributed by atoms with Gasteiger partial charge in [0.25, 0.3) is 5.91 Å². The third-order valence-electron chi connectivity index (χ3n) is 6.26. The standard InChI is InChI=1S/C26H20BF3N2O4S/c1-31-26(33)23-18-11-17(13-3-4-13)21(12-22(18)36-25(23)14-5-7-15(28)8-6-14)32(37(2,34)35)16-9-19(29)24(27)20(30)10-16/h5-13H,3-4H2,1-2H3,(H,31,33). The zero-order valence-electron chi connectivity index (χ0n) is 19.8. The molecule has 2 radical (unpaired) electrons. The van der Waals surface area contributed by atoms with Crippen molar-refractivity contribution in [2.24, 2.45) is 0 Å². The van der Waals surface area contributed by atoms with Gasteiger partial charge in [-0.15, -0.1) is 0 Å². The third kappa shape index (κ3) is 4.48. The largest absolute Gasteiger partial charge is 0.455 e. The van der Waals surface area contributed by atoms with Gasteiger partial charge in [-0.2, -0.15) is 0 Å². The lowest BCUT2D eigenvalue weighted by atomic mass is 9.94. The first-order valence-corrected chi connectivity index (χ1v) is 13.2. The fourth-order valence-electron chi connectivity index (χ4n) is 4.40. The lowest BCUT2D eigenvalue weighted by Gasteiger charge is -2.25. The third-order valence-corrected chi connectivity index (χ3v) is 7.33. The normalized spacial score (nSPS) is 13.6. The Kier molecular flexibility index (Phi) is 6.06. The first-order valence-electron chi connectivity index (χ1n) is 11.3. The summed E-state index contributed by atoms with van der Waals surface area (Å²) >= 11 is 0. The first-order chi connectivity index (χ1) is 17.5. The highest BCUT2D eigenvalue weighted by molar-refractivity contribution is 7.92. The summed E-state index contributed by atoms with van der Waals surface area (Å²) in [6.07, 6.45) is 2.44. The van der Waals surface area contributed by atoms with E-state index in [0.717, 1.165) is 35.5 Å². The molecule has 6 nitrogen and oxygen atoms in total. The maximum absolute atomic E-state index is 14.4. The van der Waals surface area contributed by atoms with Crippen molar-refractivity contribution in [2.75, 3.05) is 17.6 Å². The quantitative estimate of drug-likeness (QED) is 0.373. The first kappa shape index (κ1) is 24.9. The number of hydrogen-bond acceptors (Lipinski definition) is 4. The van der Waals surface area contributed by atoms with E-state index in [1.165, 1.54) is 37.4 Å². The number of rotatable bonds is 6. The number of sulfonamides is 1. The Morgan fingerprint density at radius 1 is 1.05 bits per heavy atom. The van der Waals surface area contributed by atoms with Gasteiger partial charge in [-0.3, -0.25) is 4.79 Å². The molecule has 1 N–H and O–H groups in total. The van der Waals surface area contributed by atoms with Crippen LogP contribution in [0.3, 0.4) is 0 Å². The molecule has 1 aliphatic carbocycles. The fraction of sp³-hybridized carbons (Fsp3) is 0.192. The van der Waals surface area contributed by atoms with E-state index >= 15 is 0 Å². The molecule has 1 aromatic heterocycles. The monoisotopic (exact) mass is 524 g/mol. The van der Waals surface area contributed by atoms with Crippen LogP contribution in [0, 0.1) is 17.5 Å². The van der Waals surface area contributed by atoms with E-state index in [0.29, 0.717) is 16.5 Å². The summed E-state index contributed by atoms with van der Waals surface area (Å²) in [4.78, 5) is 12.9. The smallest absolute Gasteiger partial charge is 0.255 e. The molecule has 4 aromatic rings. The van der Waals surface area contributed by atoms with Crippen LogP contribution in [0.1, 0.15) is 34.7 Å². The van der Waals surface area contributed by atoms with E-state index in [4.69, 9.17) is 12.3 Å². The lowest BCUT2D eigenvalue weighted by Crippen LogP contribution is -2.27. The molecule has 1 amide bonds. The maximum atomic E-state index is 14.4. The summed E-state index contributed by atoms with van der Waals surface area (Å²) in [5, 5.41) is 3.00. The van der Waals surface area contributed by atoms with Crippen LogP contribution in [-0.2, 0) is 10.0 Å². The molecule has 1 fully saturated rings. The Balaban J connectivity index is 1.81. The maximum Gasteiger partial charge on any atom is 0.255 e. The predicted octanol–water partition coefficient (Wildman–Crippen LogP) is 4.65. The van der Waals surface area contributed by atoms with Crippen molar-refractivity contribution in [1.29, 1.82) is 0 Å². The number of amides is 1. The van der Waals surface area contributed by atoms with Crippen LogP contribution in [0.2, 0.25) is 0 Å². The topological polar surface area (TPSA) is 79.6 Å². The zero-order chi connectivity index (χ0) is 26.6. The second-order valence-corrected chi connectivity index (χ2v) is 10.8. The van der Waals surface area contributed by atoms with Gasteiger partial charge in [0.1, 0.15) is 36.6 Å². The summed E-state index contributed by atoms with van der Waals surface area (Å²) in [5.74, 6) is -2.98.